The van der Waals surface area contributed by atoms with Crippen molar-refractivity contribution in [1.29, 1.82) is 0 Å². The van der Waals surface area contributed by atoms with Gasteiger partial charge in [0.05, 0.1) is 12.3 Å². The largest absolute Gasteiger partial charge is 0.383 e. The van der Waals surface area contributed by atoms with Crippen molar-refractivity contribution in [3.8, 4) is 0 Å². The summed E-state index contributed by atoms with van der Waals surface area (Å²) >= 11 is 0. The minimum Gasteiger partial charge on any atom is -0.383 e. The van der Waals surface area contributed by atoms with Crippen molar-refractivity contribution in [2.75, 3.05) is 20.3 Å². The Bertz CT molecular complexity index is 381. The summed E-state index contributed by atoms with van der Waals surface area (Å²) in [6.07, 6.45) is 0.780. The summed E-state index contributed by atoms with van der Waals surface area (Å²) in [4.78, 5) is 4.26. The first-order valence-electron chi connectivity index (χ1n) is 6.01. The van der Waals surface area contributed by atoms with Gasteiger partial charge >= 0.3 is 0 Å². The molecule has 0 fully saturated rings. The summed E-state index contributed by atoms with van der Waals surface area (Å²) in [6, 6.07) is 0.151. The van der Waals surface area contributed by atoms with E-state index in [-0.39, 0.29) is 6.04 Å². The summed E-state index contributed by atoms with van der Waals surface area (Å²) < 4.78 is 10.1. The zero-order chi connectivity index (χ0) is 13.5. The van der Waals surface area contributed by atoms with Gasteiger partial charge in [-0.2, -0.15) is 0 Å². The van der Waals surface area contributed by atoms with Gasteiger partial charge < -0.3 is 20.3 Å². The number of nitrogens with zero attached hydrogens (tertiary/aromatic N) is 2. The second-order valence-electron chi connectivity index (χ2n) is 4.32. The van der Waals surface area contributed by atoms with E-state index in [4.69, 9.17) is 15.0 Å². The zero-order valence-corrected chi connectivity index (χ0v) is 11.5. The van der Waals surface area contributed by atoms with Gasteiger partial charge in [-0.15, -0.1) is 0 Å². The Morgan fingerprint density at radius 2 is 2.28 bits per heavy atom. The zero-order valence-electron chi connectivity index (χ0n) is 11.5. The first-order chi connectivity index (χ1) is 8.54. The number of ether oxygens (including phenoxy) is 1. The van der Waals surface area contributed by atoms with E-state index in [1.807, 2.05) is 20.8 Å². The molecule has 0 aliphatic rings. The third-order valence-corrected chi connectivity index (χ3v) is 2.64. The van der Waals surface area contributed by atoms with E-state index in [0.29, 0.717) is 19.1 Å². The topological polar surface area (TPSA) is 85.7 Å². The average molecular weight is 254 g/mol. The van der Waals surface area contributed by atoms with Crippen molar-refractivity contribution in [3.05, 3.63) is 17.0 Å². The van der Waals surface area contributed by atoms with Gasteiger partial charge in [0, 0.05) is 25.3 Å². The van der Waals surface area contributed by atoms with E-state index < -0.39 is 0 Å². The van der Waals surface area contributed by atoms with Crippen molar-refractivity contribution < 1.29 is 9.26 Å². The summed E-state index contributed by atoms with van der Waals surface area (Å²) in [6.45, 7) is 7.03. The first-order valence-corrected chi connectivity index (χ1v) is 6.01. The Labute approximate surface area is 108 Å². The van der Waals surface area contributed by atoms with E-state index >= 15 is 0 Å². The molecule has 1 aromatic heterocycles. The number of aromatic nitrogens is 1. The summed E-state index contributed by atoms with van der Waals surface area (Å²) in [5.74, 6) is 1.29. The Balaban J connectivity index is 2.40. The molecule has 0 aliphatic heterocycles. The second kappa shape index (κ2) is 7.00. The van der Waals surface area contributed by atoms with E-state index in [1.54, 1.807) is 7.11 Å². The SMILES string of the molecule is COCC(C)NC(N)=NCCc1c(C)noc1C. The van der Waals surface area contributed by atoms with Crippen LogP contribution in [-0.2, 0) is 11.2 Å². The lowest BCUT2D eigenvalue weighted by molar-refractivity contribution is 0.179. The van der Waals surface area contributed by atoms with Crippen LogP contribution < -0.4 is 11.1 Å². The molecule has 0 saturated carbocycles. The van der Waals surface area contributed by atoms with E-state index in [1.165, 1.54) is 0 Å². The lowest BCUT2D eigenvalue weighted by Crippen LogP contribution is -2.40. The minimum absolute atomic E-state index is 0.151. The summed E-state index contributed by atoms with van der Waals surface area (Å²) in [7, 11) is 1.66. The maximum Gasteiger partial charge on any atom is 0.188 e. The molecule has 0 bridgehead atoms. The molecule has 0 radical (unpaired) electrons. The molecule has 1 unspecified atom stereocenters. The molecular formula is C12H22N4O2. The number of methoxy groups -OCH3 is 1. The van der Waals surface area contributed by atoms with Crippen LogP contribution in [0.15, 0.2) is 9.52 Å². The molecule has 18 heavy (non-hydrogen) atoms. The molecule has 0 amide bonds. The van der Waals surface area contributed by atoms with Gasteiger partial charge in [-0.05, 0) is 27.2 Å². The highest BCUT2D eigenvalue weighted by Gasteiger charge is 2.08. The number of hydrogen-bond donors (Lipinski definition) is 2. The molecule has 0 aromatic carbocycles. The molecule has 1 aromatic rings. The van der Waals surface area contributed by atoms with Gasteiger partial charge in [0.25, 0.3) is 0 Å². The molecule has 6 heteroatoms. The highest BCUT2D eigenvalue weighted by atomic mass is 16.5. The van der Waals surface area contributed by atoms with Gasteiger partial charge in [0.1, 0.15) is 5.76 Å². The number of aryl methyl sites for hydroxylation is 2. The molecular weight excluding hydrogens is 232 g/mol. The fourth-order valence-electron chi connectivity index (χ4n) is 1.74. The van der Waals surface area contributed by atoms with Gasteiger partial charge in [-0.3, -0.25) is 4.99 Å². The van der Waals surface area contributed by atoms with E-state index in [2.05, 4.69) is 15.5 Å². The Morgan fingerprint density at radius 3 is 2.83 bits per heavy atom. The Hall–Kier alpha value is -1.56. The second-order valence-corrected chi connectivity index (χ2v) is 4.32. The van der Waals surface area contributed by atoms with Crippen LogP contribution in [0.3, 0.4) is 0 Å². The fourth-order valence-corrected chi connectivity index (χ4v) is 1.74. The van der Waals surface area contributed by atoms with E-state index in [9.17, 15) is 0 Å². The predicted octanol–water partition coefficient (Wildman–Crippen LogP) is 0.773. The smallest absolute Gasteiger partial charge is 0.188 e. The molecule has 0 spiro atoms. The van der Waals surface area contributed by atoms with E-state index in [0.717, 1.165) is 23.4 Å². The van der Waals surface area contributed by atoms with Gasteiger partial charge in [0.2, 0.25) is 0 Å². The maximum atomic E-state index is 5.76. The van der Waals surface area contributed by atoms with Gasteiger partial charge in [0.15, 0.2) is 5.96 Å². The third-order valence-electron chi connectivity index (χ3n) is 2.64. The van der Waals surface area contributed by atoms with Crippen LogP contribution in [0, 0.1) is 13.8 Å². The van der Waals surface area contributed by atoms with Crippen LogP contribution in [-0.4, -0.2) is 37.4 Å². The van der Waals surface area contributed by atoms with Crippen LogP contribution in [0.25, 0.3) is 0 Å². The maximum absolute atomic E-state index is 5.76. The normalized spacial score (nSPS) is 13.7. The molecule has 1 atom stereocenters. The number of aliphatic imine (C=N–C) groups is 1. The first kappa shape index (κ1) is 14.5. The quantitative estimate of drug-likeness (QED) is 0.578. The fraction of sp³-hybridized carbons (Fsp3) is 0.667. The van der Waals surface area contributed by atoms with Crippen LogP contribution in [0.1, 0.15) is 23.9 Å². The van der Waals surface area contributed by atoms with Crippen molar-refractivity contribution in [1.82, 2.24) is 10.5 Å². The van der Waals surface area contributed by atoms with Crippen molar-refractivity contribution in [2.24, 2.45) is 10.7 Å². The van der Waals surface area contributed by atoms with Crippen LogP contribution in [0.4, 0.5) is 0 Å². The minimum atomic E-state index is 0.151. The van der Waals surface area contributed by atoms with Gasteiger partial charge in [-0.1, -0.05) is 5.16 Å². The molecule has 3 N–H and O–H groups in total. The molecule has 0 saturated heterocycles. The van der Waals surface area contributed by atoms with Crippen molar-refractivity contribution in [2.45, 2.75) is 33.2 Å². The van der Waals surface area contributed by atoms with Crippen molar-refractivity contribution in [3.63, 3.8) is 0 Å². The standard InChI is InChI=1S/C12H22N4O2/c1-8(7-17-4)15-12(13)14-6-5-11-9(2)16-18-10(11)3/h8H,5-7H2,1-4H3,(H3,13,14,15). The Morgan fingerprint density at radius 1 is 1.56 bits per heavy atom. The number of nitrogens with two attached hydrogens (primary N) is 1. The summed E-state index contributed by atoms with van der Waals surface area (Å²) in [5.41, 5.74) is 7.79. The van der Waals surface area contributed by atoms with Crippen LogP contribution in [0.2, 0.25) is 0 Å². The molecule has 6 nitrogen and oxygen atoms in total. The van der Waals surface area contributed by atoms with Crippen molar-refractivity contribution >= 4 is 5.96 Å². The molecule has 1 heterocycles. The lowest BCUT2D eigenvalue weighted by Gasteiger charge is -2.12. The summed E-state index contributed by atoms with van der Waals surface area (Å²) in [5, 5.41) is 6.95. The molecule has 1 rings (SSSR count). The monoisotopic (exact) mass is 254 g/mol. The average Bonchev–Trinajstić information content (AvgIpc) is 2.60. The highest BCUT2D eigenvalue weighted by molar-refractivity contribution is 5.78. The van der Waals surface area contributed by atoms with Crippen LogP contribution in [0.5, 0.6) is 0 Å². The number of nitrogens with one attached hydrogen (secondary N) is 1. The highest BCUT2D eigenvalue weighted by Crippen LogP contribution is 2.12. The lowest BCUT2D eigenvalue weighted by atomic mass is 10.1. The van der Waals surface area contributed by atoms with Crippen LogP contribution >= 0.6 is 0 Å². The number of hydrogen-bond acceptors (Lipinski definition) is 4. The number of guanidine groups is 1. The van der Waals surface area contributed by atoms with Gasteiger partial charge in [-0.25, -0.2) is 0 Å². The number of rotatable bonds is 6. The Kier molecular flexibility index (Phi) is 5.64. The third kappa shape index (κ3) is 4.37. The molecule has 0 aliphatic carbocycles. The predicted molar refractivity (Wildman–Crippen MR) is 70.6 cm³/mol. The molecule has 102 valence electrons.